The van der Waals surface area contributed by atoms with E-state index in [4.69, 9.17) is 11.6 Å². The van der Waals surface area contributed by atoms with E-state index in [1.807, 2.05) is 18.2 Å². The minimum Gasteiger partial charge on any atom is -0.388 e. The molecule has 0 aliphatic carbocycles. The summed E-state index contributed by atoms with van der Waals surface area (Å²) in [5.41, 5.74) is 1.57. The van der Waals surface area contributed by atoms with E-state index in [2.05, 4.69) is 0 Å². The van der Waals surface area contributed by atoms with Crippen LogP contribution in [0.5, 0.6) is 0 Å². The molecular formula is C14H12ClFO. The largest absolute Gasteiger partial charge is 0.388 e. The zero-order valence-corrected chi connectivity index (χ0v) is 9.86. The zero-order valence-electron chi connectivity index (χ0n) is 9.11. The molecule has 0 bridgehead atoms. The van der Waals surface area contributed by atoms with Crippen LogP contribution in [0.15, 0.2) is 48.5 Å². The van der Waals surface area contributed by atoms with Gasteiger partial charge in [-0.3, -0.25) is 0 Å². The van der Waals surface area contributed by atoms with Crippen molar-refractivity contribution in [3.63, 3.8) is 0 Å². The minimum absolute atomic E-state index is 0.307. The second-order valence-electron chi connectivity index (χ2n) is 3.86. The fourth-order valence-electron chi connectivity index (χ4n) is 1.68. The highest BCUT2D eigenvalue weighted by molar-refractivity contribution is 6.31. The second kappa shape index (κ2) is 5.30. The minimum atomic E-state index is -0.671. The van der Waals surface area contributed by atoms with E-state index in [-0.39, 0.29) is 5.82 Å². The quantitative estimate of drug-likeness (QED) is 0.880. The molecule has 1 nitrogen and oxygen atoms in total. The van der Waals surface area contributed by atoms with E-state index in [9.17, 15) is 9.50 Å². The van der Waals surface area contributed by atoms with Crippen LogP contribution in [0.3, 0.4) is 0 Å². The summed E-state index contributed by atoms with van der Waals surface area (Å²) in [6, 6.07) is 13.2. The Hall–Kier alpha value is -1.38. The van der Waals surface area contributed by atoms with Crippen LogP contribution in [-0.4, -0.2) is 5.11 Å². The van der Waals surface area contributed by atoms with Gasteiger partial charge in [-0.25, -0.2) is 4.39 Å². The lowest BCUT2D eigenvalue weighted by Gasteiger charge is -2.12. The third kappa shape index (κ3) is 3.05. The third-order valence-electron chi connectivity index (χ3n) is 2.63. The number of rotatable bonds is 3. The first-order valence-electron chi connectivity index (χ1n) is 5.34. The predicted molar refractivity (Wildman–Crippen MR) is 66.5 cm³/mol. The van der Waals surface area contributed by atoms with E-state index in [0.717, 1.165) is 5.56 Å². The van der Waals surface area contributed by atoms with E-state index in [1.54, 1.807) is 18.2 Å². The second-order valence-corrected chi connectivity index (χ2v) is 4.27. The molecule has 0 aliphatic rings. The number of hydrogen-bond acceptors (Lipinski definition) is 1. The number of hydrogen-bond donors (Lipinski definition) is 1. The van der Waals surface area contributed by atoms with E-state index >= 15 is 0 Å². The summed E-state index contributed by atoms with van der Waals surface area (Å²) in [6.45, 7) is 0. The van der Waals surface area contributed by atoms with Crippen LogP contribution in [0.2, 0.25) is 5.02 Å². The summed E-state index contributed by atoms with van der Waals surface area (Å²) < 4.78 is 12.7. The van der Waals surface area contributed by atoms with Crippen LogP contribution in [0.25, 0.3) is 0 Å². The molecule has 2 rings (SSSR count). The van der Waals surface area contributed by atoms with Gasteiger partial charge in [0.05, 0.1) is 6.10 Å². The molecule has 3 heteroatoms. The molecule has 0 heterocycles. The summed E-state index contributed by atoms with van der Waals surface area (Å²) in [5, 5.41) is 10.6. The molecule has 1 unspecified atom stereocenters. The lowest BCUT2D eigenvalue weighted by Crippen LogP contribution is -2.02. The Bertz CT molecular complexity index is 496. The van der Waals surface area contributed by atoms with Crippen molar-refractivity contribution in [1.82, 2.24) is 0 Å². The Morgan fingerprint density at radius 2 is 1.71 bits per heavy atom. The highest BCUT2D eigenvalue weighted by Crippen LogP contribution is 2.23. The monoisotopic (exact) mass is 250 g/mol. The number of halogens is 2. The molecule has 0 saturated carbocycles. The molecule has 1 atom stereocenters. The van der Waals surface area contributed by atoms with Crippen LogP contribution in [0.4, 0.5) is 4.39 Å². The first-order valence-corrected chi connectivity index (χ1v) is 5.71. The average molecular weight is 251 g/mol. The molecule has 1 N–H and O–H groups in total. The highest BCUT2D eigenvalue weighted by Gasteiger charge is 2.10. The fraction of sp³-hybridized carbons (Fsp3) is 0.143. The summed E-state index contributed by atoms with van der Waals surface area (Å²) in [5.74, 6) is -0.307. The van der Waals surface area contributed by atoms with Crippen molar-refractivity contribution in [2.24, 2.45) is 0 Å². The Labute approximate surface area is 104 Å². The van der Waals surface area contributed by atoms with Crippen molar-refractivity contribution in [3.8, 4) is 0 Å². The van der Waals surface area contributed by atoms with Gasteiger partial charge in [0.1, 0.15) is 5.82 Å². The van der Waals surface area contributed by atoms with Gasteiger partial charge in [0.25, 0.3) is 0 Å². The first-order chi connectivity index (χ1) is 8.16. The Morgan fingerprint density at radius 3 is 2.35 bits per heavy atom. The summed E-state index contributed by atoms with van der Waals surface area (Å²) in [7, 11) is 0. The van der Waals surface area contributed by atoms with Crippen LogP contribution in [-0.2, 0) is 6.42 Å². The zero-order chi connectivity index (χ0) is 12.3. The molecule has 0 fully saturated rings. The summed E-state index contributed by atoms with van der Waals surface area (Å²) in [6.07, 6.45) is -0.249. The molecule has 0 spiro atoms. The van der Waals surface area contributed by atoms with Crippen LogP contribution in [0.1, 0.15) is 17.2 Å². The summed E-state index contributed by atoms with van der Waals surface area (Å²) >= 11 is 6.01. The van der Waals surface area contributed by atoms with Crippen molar-refractivity contribution in [2.45, 2.75) is 12.5 Å². The van der Waals surface area contributed by atoms with Gasteiger partial charge in [-0.1, -0.05) is 41.9 Å². The molecule has 17 heavy (non-hydrogen) atoms. The van der Waals surface area contributed by atoms with E-state index in [0.29, 0.717) is 17.0 Å². The van der Waals surface area contributed by atoms with Gasteiger partial charge in [0.2, 0.25) is 0 Å². The highest BCUT2D eigenvalue weighted by atomic mass is 35.5. The maximum absolute atomic E-state index is 12.7. The molecule has 0 amide bonds. The van der Waals surface area contributed by atoms with Crippen LogP contribution < -0.4 is 0 Å². The van der Waals surface area contributed by atoms with Crippen molar-refractivity contribution < 1.29 is 9.50 Å². The van der Waals surface area contributed by atoms with Crippen molar-refractivity contribution >= 4 is 11.6 Å². The molecule has 2 aromatic carbocycles. The summed E-state index contributed by atoms with van der Waals surface area (Å²) in [4.78, 5) is 0. The average Bonchev–Trinajstić information content (AvgIpc) is 2.33. The SMILES string of the molecule is OC(Cc1ccccc1Cl)c1ccc(F)cc1. The lowest BCUT2D eigenvalue weighted by atomic mass is 10.0. The van der Waals surface area contributed by atoms with Gasteiger partial charge >= 0.3 is 0 Å². The molecule has 2 aromatic rings. The number of benzene rings is 2. The standard InChI is InChI=1S/C14H12ClFO/c15-13-4-2-1-3-11(13)9-14(17)10-5-7-12(16)8-6-10/h1-8,14,17H,9H2. The molecule has 0 aliphatic heterocycles. The Balaban J connectivity index is 2.14. The number of aliphatic hydroxyl groups is 1. The van der Waals surface area contributed by atoms with Gasteiger partial charge in [-0.15, -0.1) is 0 Å². The van der Waals surface area contributed by atoms with Crippen molar-refractivity contribution in [3.05, 3.63) is 70.5 Å². The van der Waals surface area contributed by atoms with Crippen molar-refractivity contribution in [2.75, 3.05) is 0 Å². The molecule has 0 radical (unpaired) electrons. The Morgan fingerprint density at radius 1 is 1.06 bits per heavy atom. The lowest BCUT2D eigenvalue weighted by molar-refractivity contribution is 0.178. The van der Waals surface area contributed by atoms with Gasteiger partial charge < -0.3 is 5.11 Å². The third-order valence-corrected chi connectivity index (χ3v) is 2.99. The molecule has 0 saturated heterocycles. The van der Waals surface area contributed by atoms with Gasteiger partial charge in [0.15, 0.2) is 0 Å². The van der Waals surface area contributed by atoms with E-state index < -0.39 is 6.10 Å². The topological polar surface area (TPSA) is 20.2 Å². The first kappa shape index (κ1) is 12.1. The fourth-order valence-corrected chi connectivity index (χ4v) is 1.89. The van der Waals surface area contributed by atoms with Crippen LogP contribution in [0, 0.1) is 5.82 Å². The van der Waals surface area contributed by atoms with Crippen molar-refractivity contribution in [1.29, 1.82) is 0 Å². The van der Waals surface area contributed by atoms with Crippen LogP contribution >= 0.6 is 11.6 Å². The van der Waals surface area contributed by atoms with Gasteiger partial charge in [0, 0.05) is 11.4 Å². The maximum atomic E-state index is 12.7. The predicted octanol–water partition coefficient (Wildman–Crippen LogP) is 3.76. The van der Waals surface area contributed by atoms with E-state index in [1.165, 1.54) is 12.1 Å². The molecular weight excluding hydrogens is 239 g/mol. The maximum Gasteiger partial charge on any atom is 0.123 e. The van der Waals surface area contributed by atoms with Gasteiger partial charge in [-0.05, 0) is 29.3 Å². The molecule has 88 valence electrons. The molecule has 0 aromatic heterocycles. The van der Waals surface area contributed by atoms with Gasteiger partial charge in [-0.2, -0.15) is 0 Å². The smallest absolute Gasteiger partial charge is 0.123 e. The number of aliphatic hydroxyl groups excluding tert-OH is 1. The normalized spacial score (nSPS) is 12.4. The Kier molecular flexibility index (Phi) is 3.77.